The van der Waals surface area contributed by atoms with Crippen LogP contribution >= 0.6 is 0 Å². The van der Waals surface area contributed by atoms with Crippen LogP contribution in [0.2, 0.25) is 0 Å². The summed E-state index contributed by atoms with van der Waals surface area (Å²) in [5, 5.41) is 4.96. The SMILES string of the molecule is C/C=C/CCCC(=O)Nc1cccn(Cc2nc3c(CC(C)C)c(F)c(C)cc3[nH]2)c1=O.CNC=O.COC.NC=O. The molecule has 0 bridgehead atoms. The zero-order valence-corrected chi connectivity index (χ0v) is 25.6. The van der Waals surface area contributed by atoms with Gasteiger partial charge < -0.3 is 30.7 Å². The minimum atomic E-state index is -0.306. The van der Waals surface area contributed by atoms with Crippen LogP contribution in [0.3, 0.4) is 0 Å². The van der Waals surface area contributed by atoms with Crippen LogP contribution in [0.5, 0.6) is 0 Å². The topological polar surface area (TPSA) is 161 Å². The first-order chi connectivity index (χ1) is 20.0. The Labute approximate surface area is 246 Å². The Morgan fingerprint density at radius 1 is 1.29 bits per heavy atom. The molecule has 0 aliphatic carbocycles. The van der Waals surface area contributed by atoms with Crippen molar-refractivity contribution >= 4 is 35.4 Å². The highest BCUT2D eigenvalue weighted by atomic mass is 19.1. The second kappa shape index (κ2) is 21.4. The lowest BCUT2D eigenvalue weighted by Crippen LogP contribution is -2.26. The summed E-state index contributed by atoms with van der Waals surface area (Å²) in [6.07, 6.45) is 8.98. The van der Waals surface area contributed by atoms with E-state index in [9.17, 15) is 14.0 Å². The number of fused-ring (bicyclic) bond motifs is 1. The number of ether oxygens (including phenoxy) is 1. The number of imidazole rings is 1. The number of carbonyl (C=O) groups is 3. The molecule has 0 radical (unpaired) electrons. The number of halogens is 1. The molecule has 11 nitrogen and oxygen atoms in total. The number of benzene rings is 1. The third-order valence-corrected chi connectivity index (χ3v) is 5.39. The molecule has 3 rings (SSSR count). The van der Waals surface area contributed by atoms with Gasteiger partial charge in [0.05, 0.1) is 17.6 Å². The van der Waals surface area contributed by atoms with Crippen LogP contribution in [0, 0.1) is 18.7 Å². The maximum atomic E-state index is 14.7. The van der Waals surface area contributed by atoms with E-state index in [2.05, 4.69) is 31.1 Å². The largest absolute Gasteiger partial charge is 0.388 e. The molecule has 12 heteroatoms. The van der Waals surface area contributed by atoms with Gasteiger partial charge in [0, 0.05) is 39.4 Å². The van der Waals surface area contributed by atoms with Gasteiger partial charge in [-0.15, -0.1) is 0 Å². The smallest absolute Gasteiger partial charge is 0.274 e. The van der Waals surface area contributed by atoms with Crippen LogP contribution in [0.25, 0.3) is 11.0 Å². The highest BCUT2D eigenvalue weighted by Crippen LogP contribution is 2.25. The van der Waals surface area contributed by atoms with Crippen molar-refractivity contribution in [3.05, 3.63) is 69.7 Å². The van der Waals surface area contributed by atoms with Gasteiger partial charge in [-0.25, -0.2) is 9.37 Å². The Hall–Kier alpha value is -4.32. The van der Waals surface area contributed by atoms with E-state index in [0.717, 1.165) is 18.4 Å². The minimum absolute atomic E-state index is 0.183. The Kier molecular flexibility index (Phi) is 19.2. The van der Waals surface area contributed by atoms with Crippen LogP contribution < -0.4 is 21.9 Å². The molecule has 2 heterocycles. The summed E-state index contributed by atoms with van der Waals surface area (Å²) < 4.78 is 20.5. The molecule has 0 saturated heterocycles. The Morgan fingerprint density at radius 2 is 1.90 bits per heavy atom. The molecule has 232 valence electrons. The number of hydrogen-bond acceptors (Lipinski definition) is 6. The lowest BCUT2D eigenvalue weighted by molar-refractivity contribution is -0.116. The van der Waals surface area contributed by atoms with Gasteiger partial charge in [0.2, 0.25) is 18.7 Å². The van der Waals surface area contributed by atoms with Gasteiger partial charge in [-0.2, -0.15) is 0 Å². The maximum Gasteiger partial charge on any atom is 0.274 e. The zero-order chi connectivity index (χ0) is 32.1. The number of nitrogens with two attached hydrogens (primary N) is 1. The molecule has 0 aliphatic rings. The fourth-order valence-corrected chi connectivity index (χ4v) is 3.74. The average molecular weight is 589 g/mol. The lowest BCUT2D eigenvalue weighted by Gasteiger charge is -2.09. The number of allylic oxidation sites excluding steroid dienone is 2. The molecule has 42 heavy (non-hydrogen) atoms. The molecule has 0 saturated carbocycles. The first kappa shape index (κ1) is 37.7. The van der Waals surface area contributed by atoms with Crippen molar-refractivity contribution in [2.45, 2.75) is 59.9 Å². The van der Waals surface area contributed by atoms with Gasteiger partial charge in [0.15, 0.2) is 0 Å². The molecular weight excluding hydrogens is 543 g/mol. The number of hydrogen-bond donors (Lipinski definition) is 4. The highest BCUT2D eigenvalue weighted by molar-refractivity contribution is 5.90. The number of aromatic nitrogens is 3. The number of amides is 3. The number of aryl methyl sites for hydroxylation is 1. The number of primary amides is 1. The van der Waals surface area contributed by atoms with Crippen molar-refractivity contribution in [2.75, 3.05) is 26.6 Å². The third kappa shape index (κ3) is 13.4. The van der Waals surface area contributed by atoms with E-state index in [4.69, 9.17) is 9.59 Å². The zero-order valence-electron chi connectivity index (χ0n) is 25.6. The quantitative estimate of drug-likeness (QED) is 0.160. The number of anilines is 1. The fraction of sp³-hybridized carbons (Fsp3) is 0.433. The van der Waals surface area contributed by atoms with Gasteiger partial charge in [-0.1, -0.05) is 26.0 Å². The molecule has 5 N–H and O–H groups in total. The summed E-state index contributed by atoms with van der Waals surface area (Å²) in [4.78, 5) is 50.5. The summed E-state index contributed by atoms with van der Waals surface area (Å²) in [7, 11) is 4.81. The van der Waals surface area contributed by atoms with Crippen molar-refractivity contribution < 1.29 is 23.5 Å². The first-order valence-corrected chi connectivity index (χ1v) is 13.5. The summed E-state index contributed by atoms with van der Waals surface area (Å²) >= 11 is 0. The molecule has 0 fully saturated rings. The molecule has 3 amide bonds. The Morgan fingerprint density at radius 3 is 2.45 bits per heavy atom. The lowest BCUT2D eigenvalue weighted by atomic mass is 9.99. The standard InChI is InChI=1S/C25H31FN4O2.C2H5NO.C2H6O.CH3NO/c1-5-6-7-8-11-22(31)28-19-10-9-12-30(25(19)32)15-21-27-20-14-17(4)23(26)18(13-16(2)3)24(20)29-21;1-3-2-4;1-3-2;2-1-3/h5-6,9-10,12,14,16H,7-8,11,13,15H2,1-4H3,(H,27,29)(H,28,31);2H,1H3,(H,3,4);1-2H3;1H,(H2,2,3)/b6-5+;;;. The fourth-order valence-electron chi connectivity index (χ4n) is 3.74. The second-order valence-corrected chi connectivity index (χ2v) is 9.48. The number of carbonyl (C=O) groups excluding carboxylic acids is 3. The van der Waals surface area contributed by atoms with Crippen molar-refractivity contribution in [3.63, 3.8) is 0 Å². The van der Waals surface area contributed by atoms with Crippen molar-refractivity contribution in [1.29, 1.82) is 0 Å². The van der Waals surface area contributed by atoms with E-state index < -0.39 is 0 Å². The van der Waals surface area contributed by atoms with Gasteiger partial charge in [0.25, 0.3) is 5.56 Å². The normalized spacial score (nSPS) is 10.1. The number of pyridine rings is 1. The van der Waals surface area contributed by atoms with Gasteiger partial charge in [0.1, 0.15) is 17.3 Å². The van der Waals surface area contributed by atoms with Crippen LogP contribution in [0.15, 0.2) is 41.3 Å². The van der Waals surface area contributed by atoms with Crippen molar-refractivity contribution in [3.8, 4) is 0 Å². The second-order valence-electron chi connectivity index (χ2n) is 9.48. The number of nitrogens with zero attached hydrogens (tertiary/aromatic N) is 2. The average Bonchev–Trinajstić information content (AvgIpc) is 3.34. The summed E-state index contributed by atoms with van der Waals surface area (Å²) in [6.45, 7) is 7.97. The van der Waals surface area contributed by atoms with Gasteiger partial charge in [-0.05, 0) is 62.8 Å². The number of methoxy groups -OCH3 is 1. The first-order valence-electron chi connectivity index (χ1n) is 13.5. The van der Waals surface area contributed by atoms with Crippen LogP contribution in [-0.2, 0) is 32.1 Å². The summed E-state index contributed by atoms with van der Waals surface area (Å²) in [6, 6.07) is 5.06. The van der Waals surface area contributed by atoms with E-state index in [1.54, 1.807) is 52.6 Å². The molecule has 0 unspecified atom stereocenters. The summed E-state index contributed by atoms with van der Waals surface area (Å²) in [5.74, 6) is 0.445. The minimum Gasteiger partial charge on any atom is -0.388 e. The van der Waals surface area contributed by atoms with E-state index in [-0.39, 0.29) is 41.8 Å². The van der Waals surface area contributed by atoms with E-state index in [0.29, 0.717) is 41.7 Å². The molecule has 0 atom stereocenters. The molecule has 0 aliphatic heterocycles. The van der Waals surface area contributed by atoms with Crippen LogP contribution in [0.4, 0.5) is 10.1 Å². The molecule has 1 aromatic carbocycles. The van der Waals surface area contributed by atoms with Gasteiger partial charge >= 0.3 is 0 Å². The number of rotatable bonds is 10. The van der Waals surface area contributed by atoms with Crippen molar-refractivity contribution in [1.82, 2.24) is 19.9 Å². The predicted octanol–water partition coefficient (Wildman–Crippen LogP) is 3.83. The molecule has 3 aromatic rings. The molecular formula is C30H45FN6O5. The Balaban J connectivity index is 0.00000147. The monoisotopic (exact) mass is 588 g/mol. The van der Waals surface area contributed by atoms with E-state index >= 15 is 0 Å². The maximum absolute atomic E-state index is 14.7. The third-order valence-electron chi connectivity index (χ3n) is 5.39. The number of unbranched alkanes of at least 4 members (excludes halogenated alkanes) is 1. The van der Waals surface area contributed by atoms with Crippen LogP contribution in [0.1, 0.15) is 57.0 Å². The number of aromatic amines is 1. The molecule has 2 aromatic heterocycles. The van der Waals surface area contributed by atoms with Crippen LogP contribution in [-0.4, -0.2) is 54.5 Å². The number of nitrogens with one attached hydrogen (secondary N) is 3. The number of H-pyrrole nitrogens is 1. The van der Waals surface area contributed by atoms with E-state index in [1.807, 2.05) is 32.9 Å². The summed E-state index contributed by atoms with van der Waals surface area (Å²) in [5.41, 5.74) is 6.63. The highest BCUT2D eigenvalue weighted by Gasteiger charge is 2.17. The van der Waals surface area contributed by atoms with Gasteiger partial charge in [-0.3, -0.25) is 19.2 Å². The van der Waals surface area contributed by atoms with E-state index in [1.165, 1.54) is 4.57 Å². The Bertz CT molecular complexity index is 1330. The predicted molar refractivity (Wildman–Crippen MR) is 165 cm³/mol. The van der Waals surface area contributed by atoms with Crippen molar-refractivity contribution in [2.24, 2.45) is 11.7 Å². The molecule has 0 spiro atoms.